The molecule has 24 heavy (non-hydrogen) atoms. The van der Waals surface area contributed by atoms with Crippen molar-refractivity contribution < 1.29 is 4.92 Å². The summed E-state index contributed by atoms with van der Waals surface area (Å²) >= 11 is 0. The van der Waals surface area contributed by atoms with Gasteiger partial charge in [0.25, 0.3) is 5.69 Å². The smallest absolute Gasteiger partial charge is 0.292 e. The van der Waals surface area contributed by atoms with Crippen molar-refractivity contribution in [3.8, 4) is 0 Å². The zero-order valence-corrected chi connectivity index (χ0v) is 14.5. The summed E-state index contributed by atoms with van der Waals surface area (Å²) in [5.74, 6) is 0. The third-order valence-electron chi connectivity index (χ3n) is 4.74. The molecule has 2 aromatic rings. The first kappa shape index (κ1) is 16.3. The van der Waals surface area contributed by atoms with Crippen LogP contribution in [0, 0.1) is 24.0 Å². The van der Waals surface area contributed by atoms with Crippen LogP contribution in [0.3, 0.4) is 0 Å². The van der Waals surface area contributed by atoms with Crippen molar-refractivity contribution in [1.82, 2.24) is 9.78 Å². The highest BCUT2D eigenvalue weighted by Gasteiger charge is 2.25. The first-order valence-electron chi connectivity index (χ1n) is 8.18. The number of aromatic nitrogens is 2. The number of nitrogens with zero attached hydrogens (tertiary/aromatic N) is 3. The lowest BCUT2D eigenvalue weighted by molar-refractivity contribution is -0.384. The lowest BCUT2D eigenvalue weighted by atomic mass is 10.0. The van der Waals surface area contributed by atoms with E-state index in [2.05, 4.69) is 29.6 Å². The SMILES string of the molecule is Cc1nn(C)c(C)c1CC(C)Nc1c([N+](=O)[O-])ccc2c1CCN2. The molecule has 1 aliphatic heterocycles. The summed E-state index contributed by atoms with van der Waals surface area (Å²) in [5.41, 5.74) is 6.14. The monoisotopic (exact) mass is 329 g/mol. The van der Waals surface area contributed by atoms with Gasteiger partial charge in [-0.2, -0.15) is 5.10 Å². The van der Waals surface area contributed by atoms with Crippen LogP contribution in [0.4, 0.5) is 17.1 Å². The molecule has 0 radical (unpaired) electrons. The first-order chi connectivity index (χ1) is 11.4. The zero-order chi connectivity index (χ0) is 17.4. The Morgan fingerprint density at radius 2 is 2.21 bits per heavy atom. The summed E-state index contributed by atoms with van der Waals surface area (Å²) in [4.78, 5) is 11.1. The van der Waals surface area contributed by atoms with E-state index in [0.29, 0.717) is 5.69 Å². The quantitative estimate of drug-likeness (QED) is 0.651. The van der Waals surface area contributed by atoms with E-state index < -0.39 is 0 Å². The predicted molar refractivity (Wildman–Crippen MR) is 94.8 cm³/mol. The summed E-state index contributed by atoms with van der Waals surface area (Å²) in [5, 5.41) is 22.5. The molecule has 7 nitrogen and oxygen atoms in total. The summed E-state index contributed by atoms with van der Waals surface area (Å²) < 4.78 is 1.88. The van der Waals surface area contributed by atoms with Gasteiger partial charge in [-0.3, -0.25) is 14.8 Å². The van der Waals surface area contributed by atoms with Gasteiger partial charge in [-0.25, -0.2) is 0 Å². The van der Waals surface area contributed by atoms with Gasteiger partial charge in [0.05, 0.1) is 10.6 Å². The maximum atomic E-state index is 11.4. The second-order valence-electron chi connectivity index (χ2n) is 6.44. The van der Waals surface area contributed by atoms with E-state index in [-0.39, 0.29) is 16.7 Å². The van der Waals surface area contributed by atoms with E-state index >= 15 is 0 Å². The van der Waals surface area contributed by atoms with E-state index in [1.807, 2.05) is 18.7 Å². The number of rotatable bonds is 5. The number of hydrogen-bond donors (Lipinski definition) is 2. The van der Waals surface area contributed by atoms with Gasteiger partial charge in [-0.05, 0) is 45.2 Å². The molecule has 2 N–H and O–H groups in total. The van der Waals surface area contributed by atoms with E-state index in [4.69, 9.17) is 0 Å². The van der Waals surface area contributed by atoms with Crippen LogP contribution in [0.1, 0.15) is 29.4 Å². The van der Waals surface area contributed by atoms with Gasteiger partial charge in [-0.1, -0.05) is 0 Å². The Morgan fingerprint density at radius 1 is 1.46 bits per heavy atom. The van der Waals surface area contributed by atoms with Crippen molar-refractivity contribution in [3.05, 3.63) is 44.8 Å². The average molecular weight is 329 g/mol. The van der Waals surface area contributed by atoms with Crippen molar-refractivity contribution in [1.29, 1.82) is 0 Å². The Balaban J connectivity index is 1.88. The van der Waals surface area contributed by atoms with Gasteiger partial charge in [-0.15, -0.1) is 0 Å². The number of nitro benzene ring substituents is 1. The van der Waals surface area contributed by atoms with Crippen molar-refractivity contribution in [2.24, 2.45) is 7.05 Å². The van der Waals surface area contributed by atoms with Gasteiger partial charge in [0.2, 0.25) is 0 Å². The van der Waals surface area contributed by atoms with Crippen molar-refractivity contribution in [2.75, 3.05) is 17.2 Å². The van der Waals surface area contributed by atoms with Gasteiger partial charge < -0.3 is 10.6 Å². The highest BCUT2D eigenvalue weighted by Crippen LogP contribution is 2.37. The predicted octanol–water partition coefficient (Wildman–Crippen LogP) is 2.96. The number of aryl methyl sites for hydroxylation is 2. The number of fused-ring (bicyclic) bond motifs is 1. The minimum absolute atomic E-state index is 0.0670. The summed E-state index contributed by atoms with van der Waals surface area (Å²) in [6.07, 6.45) is 1.58. The minimum atomic E-state index is -0.311. The Labute approximate surface area is 141 Å². The first-order valence-corrected chi connectivity index (χ1v) is 8.18. The van der Waals surface area contributed by atoms with E-state index in [0.717, 1.165) is 42.0 Å². The number of nitrogens with one attached hydrogen (secondary N) is 2. The Bertz CT molecular complexity index is 797. The van der Waals surface area contributed by atoms with Gasteiger partial charge in [0, 0.05) is 42.6 Å². The van der Waals surface area contributed by atoms with Crippen LogP contribution in [0.2, 0.25) is 0 Å². The Hall–Kier alpha value is -2.57. The number of benzene rings is 1. The van der Waals surface area contributed by atoms with Crippen LogP contribution in [0.25, 0.3) is 0 Å². The third kappa shape index (κ3) is 2.81. The number of anilines is 2. The molecule has 1 aromatic carbocycles. The van der Waals surface area contributed by atoms with Crippen molar-refractivity contribution in [3.63, 3.8) is 0 Å². The van der Waals surface area contributed by atoms with Crippen LogP contribution in [-0.4, -0.2) is 27.3 Å². The summed E-state index contributed by atoms with van der Waals surface area (Å²) in [7, 11) is 1.94. The molecule has 0 bridgehead atoms. The highest BCUT2D eigenvalue weighted by atomic mass is 16.6. The van der Waals surface area contributed by atoms with Crippen molar-refractivity contribution in [2.45, 2.75) is 39.7 Å². The van der Waals surface area contributed by atoms with Crippen molar-refractivity contribution >= 4 is 17.1 Å². The lowest BCUT2D eigenvalue weighted by Gasteiger charge is -2.18. The molecule has 1 aliphatic rings. The maximum absolute atomic E-state index is 11.4. The fraction of sp³-hybridized carbons (Fsp3) is 0.471. The van der Waals surface area contributed by atoms with Gasteiger partial charge in [0.1, 0.15) is 5.69 Å². The van der Waals surface area contributed by atoms with Crippen LogP contribution < -0.4 is 10.6 Å². The summed E-state index contributed by atoms with van der Waals surface area (Å²) in [6.45, 7) is 6.92. The Kier molecular flexibility index (Phi) is 4.17. The molecule has 0 saturated carbocycles. The number of hydrogen-bond acceptors (Lipinski definition) is 5. The third-order valence-corrected chi connectivity index (χ3v) is 4.74. The molecule has 3 rings (SSSR count). The molecule has 1 unspecified atom stereocenters. The molecule has 0 spiro atoms. The molecule has 1 aromatic heterocycles. The fourth-order valence-corrected chi connectivity index (χ4v) is 3.41. The van der Waals surface area contributed by atoms with E-state index in [1.165, 1.54) is 5.56 Å². The molecule has 0 aliphatic carbocycles. The minimum Gasteiger partial charge on any atom is -0.384 e. The number of nitro groups is 1. The molecule has 7 heteroatoms. The lowest BCUT2D eigenvalue weighted by Crippen LogP contribution is -2.20. The van der Waals surface area contributed by atoms with E-state index in [9.17, 15) is 10.1 Å². The average Bonchev–Trinajstić information content (AvgIpc) is 3.08. The topological polar surface area (TPSA) is 85.0 Å². The maximum Gasteiger partial charge on any atom is 0.292 e. The van der Waals surface area contributed by atoms with E-state index in [1.54, 1.807) is 12.1 Å². The van der Waals surface area contributed by atoms with Gasteiger partial charge in [0.15, 0.2) is 0 Å². The molecule has 0 saturated heterocycles. The Morgan fingerprint density at radius 3 is 2.83 bits per heavy atom. The highest BCUT2D eigenvalue weighted by molar-refractivity contribution is 5.77. The second kappa shape index (κ2) is 6.14. The molecule has 0 amide bonds. The summed E-state index contributed by atoms with van der Waals surface area (Å²) in [6, 6.07) is 3.44. The van der Waals surface area contributed by atoms with Crippen LogP contribution in [-0.2, 0) is 19.9 Å². The molecular formula is C17H23N5O2. The van der Waals surface area contributed by atoms with Crippen LogP contribution in [0.5, 0.6) is 0 Å². The van der Waals surface area contributed by atoms with Crippen LogP contribution >= 0.6 is 0 Å². The second-order valence-corrected chi connectivity index (χ2v) is 6.44. The standard InChI is InChI=1S/C17H23N5O2/c1-10(9-14-11(2)20-21(4)12(14)3)19-17-13-7-8-18-15(13)5-6-16(17)22(23)24/h5-6,10,18-19H,7-9H2,1-4H3. The van der Waals surface area contributed by atoms with Gasteiger partial charge >= 0.3 is 0 Å². The zero-order valence-electron chi connectivity index (χ0n) is 14.5. The normalized spacial score (nSPS) is 14.2. The largest absolute Gasteiger partial charge is 0.384 e. The van der Waals surface area contributed by atoms with Crippen LogP contribution in [0.15, 0.2) is 12.1 Å². The molecule has 1 atom stereocenters. The molecule has 2 heterocycles. The molecular weight excluding hydrogens is 306 g/mol. The molecule has 128 valence electrons. The molecule has 0 fully saturated rings. The fourth-order valence-electron chi connectivity index (χ4n) is 3.41.